The van der Waals surface area contributed by atoms with Gasteiger partial charge in [-0.3, -0.25) is 0 Å². The molecule has 1 fully saturated rings. The largest absolute Gasteiger partial charge is 0.195 e. The van der Waals surface area contributed by atoms with Crippen molar-refractivity contribution in [2.45, 2.75) is 33.1 Å². The van der Waals surface area contributed by atoms with Crippen LogP contribution in [-0.4, -0.2) is 19.8 Å². The molecule has 0 aliphatic heterocycles. The molecule has 2 unspecified atom stereocenters. The van der Waals surface area contributed by atoms with Crippen molar-refractivity contribution >= 4 is 17.2 Å². The second kappa shape index (κ2) is 3.17. The van der Waals surface area contributed by atoms with E-state index in [9.17, 15) is 0 Å². The Hall–Kier alpha value is -1.16. The third-order valence-corrected chi connectivity index (χ3v) is 3.86. The smallest absolute Gasteiger partial charge is 0.181 e. The summed E-state index contributed by atoms with van der Waals surface area (Å²) in [5.41, 5.74) is 2.88. The summed E-state index contributed by atoms with van der Waals surface area (Å²) in [6.07, 6.45) is 1.17. The topological polar surface area (TPSA) is 43.1 Å². The molecule has 1 aliphatic carbocycles. The third-order valence-electron chi connectivity index (χ3n) is 3.50. The summed E-state index contributed by atoms with van der Waals surface area (Å²) in [6.45, 7) is 6.18. The summed E-state index contributed by atoms with van der Waals surface area (Å²) < 4.78 is 1.80. The molecular formula is C11H13ClN4. The molecule has 84 valence electrons. The Labute approximate surface area is 98.6 Å². The molecule has 0 spiro atoms. The highest BCUT2D eigenvalue weighted by Gasteiger charge is 2.38. The van der Waals surface area contributed by atoms with Gasteiger partial charge in [0, 0.05) is 11.5 Å². The maximum atomic E-state index is 6.10. The number of halogens is 1. The Morgan fingerprint density at radius 1 is 1.25 bits per heavy atom. The van der Waals surface area contributed by atoms with Crippen LogP contribution < -0.4 is 0 Å². The van der Waals surface area contributed by atoms with Crippen molar-refractivity contribution in [1.29, 1.82) is 0 Å². The molecule has 2 heterocycles. The minimum atomic E-state index is 0.501. The summed E-state index contributed by atoms with van der Waals surface area (Å²) in [4.78, 5) is 0. The molecule has 5 heteroatoms. The average molecular weight is 237 g/mol. The predicted molar refractivity (Wildman–Crippen MR) is 61.8 cm³/mol. The van der Waals surface area contributed by atoms with Crippen LogP contribution in [-0.2, 0) is 0 Å². The summed E-state index contributed by atoms with van der Waals surface area (Å²) >= 11 is 6.10. The molecule has 0 aromatic carbocycles. The Bertz CT molecular complexity index is 575. The van der Waals surface area contributed by atoms with Gasteiger partial charge in [-0.25, -0.2) is 0 Å². The van der Waals surface area contributed by atoms with Crippen LogP contribution in [0, 0.1) is 19.8 Å². The first kappa shape index (κ1) is 10.0. The van der Waals surface area contributed by atoms with Gasteiger partial charge in [-0.05, 0) is 31.7 Å². The predicted octanol–water partition coefficient (Wildman–Crippen LogP) is 2.52. The number of nitrogens with zero attached hydrogens (tertiary/aromatic N) is 4. The van der Waals surface area contributed by atoms with Gasteiger partial charge in [-0.15, -0.1) is 10.2 Å². The lowest BCUT2D eigenvalue weighted by molar-refractivity contribution is 0.773. The van der Waals surface area contributed by atoms with Gasteiger partial charge in [0.15, 0.2) is 16.6 Å². The molecule has 2 aromatic rings. The fourth-order valence-electron chi connectivity index (χ4n) is 2.02. The molecule has 0 bridgehead atoms. The lowest BCUT2D eigenvalue weighted by Crippen LogP contribution is -2.02. The quantitative estimate of drug-likeness (QED) is 0.764. The Balaban J connectivity index is 2.27. The second-order valence-corrected chi connectivity index (χ2v) is 5.01. The normalized spacial score (nSPS) is 24.0. The zero-order valence-corrected chi connectivity index (χ0v) is 10.3. The zero-order valence-electron chi connectivity index (χ0n) is 9.53. The van der Waals surface area contributed by atoms with E-state index in [-0.39, 0.29) is 0 Å². The van der Waals surface area contributed by atoms with Crippen LogP contribution in [0.15, 0.2) is 0 Å². The van der Waals surface area contributed by atoms with Crippen LogP contribution in [0.25, 0.3) is 5.65 Å². The lowest BCUT2D eigenvalue weighted by Gasteiger charge is -2.04. The first-order chi connectivity index (χ1) is 7.59. The molecule has 0 saturated heterocycles. The number of aryl methyl sites for hydroxylation is 1. The molecule has 3 rings (SSSR count). The SMILES string of the molecule is Cc1c(Cl)nn2c(C3CC3C)nnc2c1C. The number of aromatic nitrogens is 4. The van der Waals surface area contributed by atoms with Crippen molar-refractivity contribution in [2.24, 2.45) is 5.92 Å². The van der Waals surface area contributed by atoms with Gasteiger partial charge in [-0.1, -0.05) is 18.5 Å². The minimum Gasteiger partial charge on any atom is -0.195 e. The van der Waals surface area contributed by atoms with Crippen LogP contribution in [0.4, 0.5) is 0 Å². The number of hydrogen-bond donors (Lipinski definition) is 0. The molecule has 1 saturated carbocycles. The van der Waals surface area contributed by atoms with Crippen LogP contribution in [0.2, 0.25) is 5.15 Å². The maximum absolute atomic E-state index is 6.10. The molecule has 16 heavy (non-hydrogen) atoms. The van der Waals surface area contributed by atoms with Gasteiger partial charge in [-0.2, -0.15) is 9.61 Å². The highest BCUT2D eigenvalue weighted by Crippen LogP contribution is 2.46. The van der Waals surface area contributed by atoms with Gasteiger partial charge < -0.3 is 0 Å². The Kier molecular flexibility index (Phi) is 1.98. The van der Waals surface area contributed by atoms with E-state index >= 15 is 0 Å². The van der Waals surface area contributed by atoms with Crippen LogP contribution in [0.1, 0.15) is 36.2 Å². The fraction of sp³-hybridized carbons (Fsp3) is 0.545. The first-order valence-electron chi connectivity index (χ1n) is 5.47. The van der Waals surface area contributed by atoms with E-state index in [1.807, 2.05) is 13.8 Å². The summed E-state index contributed by atoms with van der Waals surface area (Å²) in [7, 11) is 0. The van der Waals surface area contributed by atoms with Crippen molar-refractivity contribution in [3.8, 4) is 0 Å². The van der Waals surface area contributed by atoms with Crippen molar-refractivity contribution < 1.29 is 0 Å². The zero-order chi connectivity index (χ0) is 11.4. The number of fused-ring (bicyclic) bond motifs is 1. The van der Waals surface area contributed by atoms with E-state index in [0.29, 0.717) is 17.0 Å². The highest BCUT2D eigenvalue weighted by atomic mass is 35.5. The van der Waals surface area contributed by atoms with E-state index in [1.54, 1.807) is 4.52 Å². The van der Waals surface area contributed by atoms with Crippen molar-refractivity contribution in [3.05, 3.63) is 22.1 Å². The number of hydrogen-bond acceptors (Lipinski definition) is 3. The van der Waals surface area contributed by atoms with Gasteiger partial charge in [0.1, 0.15) is 0 Å². The maximum Gasteiger partial charge on any atom is 0.181 e. The van der Waals surface area contributed by atoms with Gasteiger partial charge in [0.05, 0.1) is 0 Å². The monoisotopic (exact) mass is 236 g/mol. The lowest BCUT2D eigenvalue weighted by atomic mass is 10.2. The van der Waals surface area contributed by atoms with Crippen molar-refractivity contribution in [1.82, 2.24) is 19.8 Å². The molecular weight excluding hydrogens is 224 g/mol. The third kappa shape index (κ3) is 1.26. The summed E-state index contributed by atoms with van der Waals surface area (Å²) in [5, 5.41) is 13.3. The molecule has 1 aliphatic rings. The minimum absolute atomic E-state index is 0.501. The summed E-state index contributed by atoms with van der Waals surface area (Å²) in [6, 6.07) is 0. The van der Waals surface area contributed by atoms with Crippen LogP contribution >= 0.6 is 11.6 Å². The molecule has 0 N–H and O–H groups in total. The average Bonchev–Trinajstić information content (AvgIpc) is 2.82. The fourth-order valence-corrected chi connectivity index (χ4v) is 2.24. The highest BCUT2D eigenvalue weighted by molar-refractivity contribution is 6.30. The van der Waals surface area contributed by atoms with E-state index in [4.69, 9.17) is 11.6 Å². The molecule has 2 atom stereocenters. The van der Waals surface area contributed by atoms with Gasteiger partial charge >= 0.3 is 0 Å². The molecule has 0 radical (unpaired) electrons. The molecule has 4 nitrogen and oxygen atoms in total. The van der Waals surface area contributed by atoms with Crippen molar-refractivity contribution in [3.63, 3.8) is 0 Å². The Morgan fingerprint density at radius 2 is 1.94 bits per heavy atom. The van der Waals surface area contributed by atoms with Crippen molar-refractivity contribution in [2.75, 3.05) is 0 Å². The second-order valence-electron chi connectivity index (χ2n) is 4.65. The molecule has 0 amide bonds. The van der Waals surface area contributed by atoms with E-state index in [1.165, 1.54) is 6.42 Å². The van der Waals surface area contributed by atoms with E-state index in [2.05, 4.69) is 22.2 Å². The van der Waals surface area contributed by atoms with E-state index in [0.717, 1.165) is 22.6 Å². The van der Waals surface area contributed by atoms with Gasteiger partial charge in [0.25, 0.3) is 0 Å². The van der Waals surface area contributed by atoms with Crippen LogP contribution in [0.3, 0.4) is 0 Å². The first-order valence-corrected chi connectivity index (χ1v) is 5.85. The van der Waals surface area contributed by atoms with Crippen LogP contribution in [0.5, 0.6) is 0 Å². The summed E-state index contributed by atoms with van der Waals surface area (Å²) in [5.74, 6) is 2.14. The van der Waals surface area contributed by atoms with Gasteiger partial charge in [0.2, 0.25) is 0 Å². The Morgan fingerprint density at radius 3 is 2.56 bits per heavy atom. The standard InChI is InChI=1S/C11H13ClN4/c1-5-4-8(5)11-14-13-10-7(3)6(2)9(12)15-16(10)11/h5,8H,4H2,1-3H3. The van der Waals surface area contributed by atoms with E-state index < -0.39 is 0 Å². The molecule has 2 aromatic heterocycles. The number of rotatable bonds is 1.